The molecule has 0 aromatic rings. The van der Waals surface area contributed by atoms with E-state index in [-0.39, 0.29) is 5.97 Å². The molecule has 0 heterocycles. The average Bonchev–Trinajstić information content (AvgIpc) is 2.56. The maximum atomic E-state index is 10.9. The summed E-state index contributed by atoms with van der Waals surface area (Å²) in [5.41, 5.74) is 4.50. The molecule has 0 aromatic carbocycles. The van der Waals surface area contributed by atoms with E-state index in [0.29, 0.717) is 6.42 Å². The van der Waals surface area contributed by atoms with Crippen molar-refractivity contribution in [2.45, 2.75) is 52.4 Å². The van der Waals surface area contributed by atoms with E-state index in [2.05, 4.69) is 24.7 Å². The van der Waals surface area contributed by atoms with Gasteiger partial charge < -0.3 is 4.74 Å². The normalized spacial score (nSPS) is 15.3. The minimum Gasteiger partial charge on any atom is -0.469 e. The number of hydrogen-bond acceptors (Lipinski definition) is 2. The lowest BCUT2D eigenvalue weighted by molar-refractivity contribution is -0.140. The summed E-state index contributed by atoms with van der Waals surface area (Å²) in [7, 11) is 1.45. The number of esters is 1. The SMILES string of the molecule is COC(=O)CCCCCC1=C(C)CC(C)=C1. The third kappa shape index (κ3) is 4.21. The van der Waals surface area contributed by atoms with Crippen molar-refractivity contribution in [1.82, 2.24) is 0 Å². The third-order valence-electron chi connectivity index (χ3n) is 3.07. The molecule has 0 unspecified atom stereocenters. The second-order valence-electron chi connectivity index (χ2n) is 4.61. The Labute approximate surface area is 98.4 Å². The maximum absolute atomic E-state index is 10.9. The molecule has 0 saturated carbocycles. The highest BCUT2D eigenvalue weighted by Crippen LogP contribution is 2.28. The zero-order valence-electron chi connectivity index (χ0n) is 10.6. The Bertz CT molecular complexity index is 311. The molecule has 0 fully saturated rings. The van der Waals surface area contributed by atoms with E-state index in [0.717, 1.165) is 25.7 Å². The number of hydrogen-bond donors (Lipinski definition) is 0. The molecule has 1 aliphatic carbocycles. The van der Waals surface area contributed by atoms with Crippen molar-refractivity contribution in [3.63, 3.8) is 0 Å². The molecule has 90 valence electrons. The second-order valence-corrected chi connectivity index (χ2v) is 4.61. The molecule has 0 N–H and O–H groups in total. The van der Waals surface area contributed by atoms with Crippen LogP contribution in [-0.2, 0) is 9.53 Å². The van der Waals surface area contributed by atoms with Gasteiger partial charge in [-0.25, -0.2) is 0 Å². The Morgan fingerprint density at radius 3 is 2.62 bits per heavy atom. The highest BCUT2D eigenvalue weighted by atomic mass is 16.5. The number of methoxy groups -OCH3 is 1. The first-order valence-corrected chi connectivity index (χ1v) is 6.06. The van der Waals surface area contributed by atoms with E-state index in [1.165, 1.54) is 30.2 Å². The smallest absolute Gasteiger partial charge is 0.305 e. The first-order valence-electron chi connectivity index (χ1n) is 6.06. The van der Waals surface area contributed by atoms with Crippen molar-refractivity contribution in [1.29, 1.82) is 0 Å². The van der Waals surface area contributed by atoms with Gasteiger partial charge in [-0.2, -0.15) is 0 Å². The van der Waals surface area contributed by atoms with Crippen LogP contribution in [-0.4, -0.2) is 13.1 Å². The summed E-state index contributed by atoms with van der Waals surface area (Å²) in [6.07, 6.45) is 8.41. The Morgan fingerprint density at radius 1 is 1.31 bits per heavy atom. The molecule has 2 nitrogen and oxygen atoms in total. The first-order chi connectivity index (χ1) is 7.63. The molecule has 16 heavy (non-hydrogen) atoms. The quantitative estimate of drug-likeness (QED) is 0.505. The Morgan fingerprint density at radius 2 is 2.06 bits per heavy atom. The topological polar surface area (TPSA) is 26.3 Å². The van der Waals surface area contributed by atoms with Crippen molar-refractivity contribution < 1.29 is 9.53 Å². The predicted octanol–water partition coefficient (Wildman–Crippen LogP) is 3.78. The molecule has 0 spiro atoms. The second kappa shape index (κ2) is 6.51. The molecule has 0 bridgehead atoms. The van der Waals surface area contributed by atoms with E-state index >= 15 is 0 Å². The van der Waals surface area contributed by atoms with Gasteiger partial charge in [0.05, 0.1) is 7.11 Å². The monoisotopic (exact) mass is 222 g/mol. The van der Waals surface area contributed by atoms with Crippen LogP contribution >= 0.6 is 0 Å². The summed E-state index contributed by atoms with van der Waals surface area (Å²) in [6.45, 7) is 4.41. The highest BCUT2D eigenvalue weighted by molar-refractivity contribution is 5.68. The van der Waals surface area contributed by atoms with E-state index in [1.54, 1.807) is 0 Å². The van der Waals surface area contributed by atoms with Crippen molar-refractivity contribution in [3.05, 3.63) is 22.8 Å². The minimum absolute atomic E-state index is 0.0907. The first kappa shape index (κ1) is 13.0. The van der Waals surface area contributed by atoms with Crippen LogP contribution in [0, 0.1) is 0 Å². The van der Waals surface area contributed by atoms with Crippen molar-refractivity contribution >= 4 is 5.97 Å². The molecule has 0 radical (unpaired) electrons. The van der Waals surface area contributed by atoms with Crippen LogP contribution in [0.25, 0.3) is 0 Å². The molecule has 0 amide bonds. The maximum Gasteiger partial charge on any atom is 0.305 e. The van der Waals surface area contributed by atoms with E-state index < -0.39 is 0 Å². The molecule has 1 rings (SSSR count). The minimum atomic E-state index is -0.0907. The van der Waals surface area contributed by atoms with Gasteiger partial charge in [-0.3, -0.25) is 4.79 Å². The summed E-state index contributed by atoms with van der Waals surface area (Å²) in [5.74, 6) is -0.0907. The third-order valence-corrected chi connectivity index (χ3v) is 3.07. The molecule has 2 heteroatoms. The van der Waals surface area contributed by atoms with Crippen LogP contribution in [0.1, 0.15) is 52.4 Å². The largest absolute Gasteiger partial charge is 0.469 e. The number of carbonyl (C=O) groups excluding carboxylic acids is 1. The zero-order valence-corrected chi connectivity index (χ0v) is 10.6. The summed E-state index contributed by atoms with van der Waals surface area (Å²) in [5, 5.41) is 0. The fourth-order valence-electron chi connectivity index (χ4n) is 2.15. The Balaban J connectivity index is 2.12. The van der Waals surface area contributed by atoms with Crippen molar-refractivity contribution in [3.8, 4) is 0 Å². The van der Waals surface area contributed by atoms with E-state index in [1.807, 2.05) is 0 Å². The van der Waals surface area contributed by atoms with Gasteiger partial charge in [0, 0.05) is 6.42 Å². The Kier molecular flexibility index (Phi) is 5.30. The van der Waals surface area contributed by atoms with Gasteiger partial charge >= 0.3 is 5.97 Å². The average molecular weight is 222 g/mol. The highest BCUT2D eigenvalue weighted by Gasteiger charge is 2.08. The summed E-state index contributed by atoms with van der Waals surface area (Å²) in [6, 6.07) is 0. The van der Waals surface area contributed by atoms with E-state index in [4.69, 9.17) is 0 Å². The summed E-state index contributed by atoms with van der Waals surface area (Å²) in [4.78, 5) is 10.9. The van der Waals surface area contributed by atoms with Crippen LogP contribution in [0.3, 0.4) is 0 Å². The van der Waals surface area contributed by atoms with Crippen LogP contribution in [0.4, 0.5) is 0 Å². The van der Waals surface area contributed by atoms with Gasteiger partial charge in [0.25, 0.3) is 0 Å². The number of ether oxygens (including phenoxy) is 1. The van der Waals surface area contributed by atoms with Gasteiger partial charge in [-0.05, 0) is 45.1 Å². The lowest BCUT2D eigenvalue weighted by Gasteiger charge is -2.02. The summed E-state index contributed by atoms with van der Waals surface area (Å²) < 4.78 is 4.60. The fraction of sp³-hybridized carbons (Fsp3) is 0.643. The Hall–Kier alpha value is -1.05. The van der Waals surface area contributed by atoms with Gasteiger partial charge in [0.1, 0.15) is 0 Å². The lowest BCUT2D eigenvalue weighted by Crippen LogP contribution is -1.99. The van der Waals surface area contributed by atoms with Crippen LogP contribution < -0.4 is 0 Å². The lowest BCUT2D eigenvalue weighted by atomic mass is 10.0. The predicted molar refractivity (Wildman–Crippen MR) is 66.2 cm³/mol. The van der Waals surface area contributed by atoms with E-state index in [9.17, 15) is 4.79 Å². The summed E-state index contributed by atoms with van der Waals surface area (Å²) >= 11 is 0. The molecule has 0 atom stereocenters. The van der Waals surface area contributed by atoms with Gasteiger partial charge in [0.2, 0.25) is 0 Å². The van der Waals surface area contributed by atoms with Gasteiger partial charge in [-0.1, -0.05) is 23.6 Å². The molecular formula is C14H22O2. The van der Waals surface area contributed by atoms with Gasteiger partial charge in [-0.15, -0.1) is 0 Å². The molecule has 0 aromatic heterocycles. The fourth-order valence-corrected chi connectivity index (χ4v) is 2.15. The standard InChI is InChI=1S/C14H22O2/c1-11-9-12(2)13(10-11)7-5-4-6-8-14(15)16-3/h10H,4-9H2,1-3H3. The number of rotatable bonds is 6. The molecule has 1 aliphatic rings. The molecular weight excluding hydrogens is 200 g/mol. The van der Waals surface area contributed by atoms with Crippen LogP contribution in [0.2, 0.25) is 0 Å². The number of carbonyl (C=O) groups is 1. The molecule has 0 saturated heterocycles. The zero-order chi connectivity index (χ0) is 12.0. The van der Waals surface area contributed by atoms with Crippen LogP contribution in [0.15, 0.2) is 22.8 Å². The number of unbranched alkanes of at least 4 members (excludes halogenated alkanes) is 2. The van der Waals surface area contributed by atoms with Crippen molar-refractivity contribution in [2.75, 3.05) is 7.11 Å². The van der Waals surface area contributed by atoms with Crippen LogP contribution in [0.5, 0.6) is 0 Å². The van der Waals surface area contributed by atoms with Crippen molar-refractivity contribution in [2.24, 2.45) is 0 Å². The van der Waals surface area contributed by atoms with Gasteiger partial charge in [0.15, 0.2) is 0 Å². The molecule has 0 aliphatic heterocycles. The number of allylic oxidation sites excluding steroid dienone is 4.